The monoisotopic (exact) mass is 349 g/mol. The largest absolute Gasteiger partial charge is 0.388 e. The van der Waals surface area contributed by atoms with Crippen LogP contribution in [0.15, 0.2) is 30.3 Å². The topological polar surface area (TPSA) is 97.2 Å². The second kappa shape index (κ2) is 9.51. The number of benzene rings is 1. The highest BCUT2D eigenvalue weighted by atomic mass is 16.6. The second-order valence-corrected chi connectivity index (χ2v) is 5.76. The molecule has 1 heterocycles. The standard InChI is InChI=1S/C18H23NO6/c1-3-9-24-17-15(19-12(2)20)18(22)25-14(16(17)21)11-23-10-13-7-5-4-6-8-13/h1,4-8,14-18,21-22H,9-11H2,2H3,(H,19,20)/t14-,15-,16-,17-,18-/m1/s1. The molecule has 0 bridgehead atoms. The van der Waals surface area contributed by atoms with Gasteiger partial charge in [0.05, 0.1) is 13.2 Å². The molecule has 0 radical (unpaired) electrons. The van der Waals surface area contributed by atoms with Crippen molar-refractivity contribution < 1.29 is 29.2 Å². The van der Waals surface area contributed by atoms with Gasteiger partial charge in [-0.2, -0.15) is 0 Å². The zero-order valence-corrected chi connectivity index (χ0v) is 14.0. The maximum atomic E-state index is 11.3. The molecular weight excluding hydrogens is 326 g/mol. The molecule has 0 unspecified atom stereocenters. The van der Waals surface area contributed by atoms with Crippen molar-refractivity contribution in [3.05, 3.63) is 35.9 Å². The number of carbonyl (C=O) groups excluding carboxylic acids is 1. The average Bonchev–Trinajstić information content (AvgIpc) is 2.59. The zero-order chi connectivity index (χ0) is 18.2. The van der Waals surface area contributed by atoms with E-state index in [4.69, 9.17) is 20.6 Å². The van der Waals surface area contributed by atoms with Crippen molar-refractivity contribution in [2.75, 3.05) is 13.2 Å². The van der Waals surface area contributed by atoms with Crippen LogP contribution in [-0.4, -0.2) is 60.0 Å². The number of hydrogen-bond donors (Lipinski definition) is 3. The fourth-order valence-corrected chi connectivity index (χ4v) is 2.67. The first-order chi connectivity index (χ1) is 12.0. The average molecular weight is 349 g/mol. The highest BCUT2D eigenvalue weighted by Crippen LogP contribution is 2.23. The molecule has 1 fully saturated rings. The van der Waals surface area contributed by atoms with Crippen molar-refractivity contribution in [2.24, 2.45) is 0 Å². The summed E-state index contributed by atoms with van der Waals surface area (Å²) in [6, 6.07) is 8.61. The number of amides is 1. The third-order valence-corrected chi connectivity index (χ3v) is 3.82. The van der Waals surface area contributed by atoms with E-state index in [9.17, 15) is 15.0 Å². The summed E-state index contributed by atoms with van der Waals surface area (Å²) < 4.78 is 16.4. The third-order valence-electron chi connectivity index (χ3n) is 3.82. The van der Waals surface area contributed by atoms with Gasteiger partial charge in [0.15, 0.2) is 6.29 Å². The first kappa shape index (κ1) is 19.4. The van der Waals surface area contributed by atoms with Gasteiger partial charge < -0.3 is 29.7 Å². The molecule has 3 N–H and O–H groups in total. The minimum Gasteiger partial charge on any atom is -0.388 e. The Hall–Kier alpha value is -1.95. The number of nitrogens with one attached hydrogen (secondary N) is 1. The predicted molar refractivity (Wildman–Crippen MR) is 89.2 cm³/mol. The van der Waals surface area contributed by atoms with Crippen LogP contribution in [0.2, 0.25) is 0 Å². The van der Waals surface area contributed by atoms with Crippen molar-refractivity contribution in [1.82, 2.24) is 5.32 Å². The van der Waals surface area contributed by atoms with Crippen LogP contribution in [-0.2, 0) is 25.6 Å². The quantitative estimate of drug-likeness (QED) is 0.590. The van der Waals surface area contributed by atoms with Gasteiger partial charge in [0.1, 0.15) is 31.0 Å². The molecule has 1 amide bonds. The molecule has 0 saturated carbocycles. The summed E-state index contributed by atoms with van der Waals surface area (Å²) in [6.45, 7) is 1.62. The van der Waals surface area contributed by atoms with Crippen LogP contribution >= 0.6 is 0 Å². The van der Waals surface area contributed by atoms with E-state index in [1.807, 2.05) is 30.3 Å². The van der Waals surface area contributed by atoms with E-state index in [1.165, 1.54) is 6.92 Å². The molecule has 2 rings (SSSR count). The zero-order valence-electron chi connectivity index (χ0n) is 14.0. The Bertz CT molecular complexity index is 587. The summed E-state index contributed by atoms with van der Waals surface area (Å²) in [7, 11) is 0. The predicted octanol–water partition coefficient (Wildman–Crippen LogP) is -0.196. The summed E-state index contributed by atoms with van der Waals surface area (Å²) in [5, 5.41) is 23.2. The molecule has 7 heteroatoms. The number of ether oxygens (including phenoxy) is 3. The maximum Gasteiger partial charge on any atom is 0.217 e. The van der Waals surface area contributed by atoms with E-state index in [1.54, 1.807) is 0 Å². The Morgan fingerprint density at radius 1 is 1.36 bits per heavy atom. The van der Waals surface area contributed by atoms with Crippen LogP contribution in [0.1, 0.15) is 12.5 Å². The molecule has 136 valence electrons. The normalized spacial score (nSPS) is 29.0. The van der Waals surface area contributed by atoms with Crippen LogP contribution < -0.4 is 5.32 Å². The van der Waals surface area contributed by atoms with Crippen molar-refractivity contribution in [3.63, 3.8) is 0 Å². The van der Waals surface area contributed by atoms with Gasteiger partial charge in [0.2, 0.25) is 5.91 Å². The number of carbonyl (C=O) groups is 1. The lowest BCUT2D eigenvalue weighted by molar-refractivity contribution is -0.263. The molecule has 7 nitrogen and oxygen atoms in total. The number of aliphatic hydroxyl groups excluding tert-OH is 2. The van der Waals surface area contributed by atoms with Crippen molar-refractivity contribution in [3.8, 4) is 12.3 Å². The van der Waals surface area contributed by atoms with Crippen LogP contribution in [0.4, 0.5) is 0 Å². The van der Waals surface area contributed by atoms with Crippen molar-refractivity contribution in [2.45, 2.75) is 44.2 Å². The fourth-order valence-electron chi connectivity index (χ4n) is 2.67. The van der Waals surface area contributed by atoms with Gasteiger partial charge in [0, 0.05) is 6.92 Å². The molecule has 1 aliphatic heterocycles. The van der Waals surface area contributed by atoms with Gasteiger partial charge in [-0.3, -0.25) is 4.79 Å². The molecule has 1 saturated heterocycles. The molecule has 1 aromatic carbocycles. The van der Waals surface area contributed by atoms with Crippen LogP contribution in [0.25, 0.3) is 0 Å². The van der Waals surface area contributed by atoms with Gasteiger partial charge in [-0.05, 0) is 5.56 Å². The smallest absolute Gasteiger partial charge is 0.217 e. The van der Waals surface area contributed by atoms with Crippen molar-refractivity contribution in [1.29, 1.82) is 0 Å². The van der Waals surface area contributed by atoms with E-state index in [2.05, 4.69) is 11.2 Å². The van der Waals surface area contributed by atoms with Gasteiger partial charge in [0.25, 0.3) is 0 Å². The van der Waals surface area contributed by atoms with Gasteiger partial charge in [-0.15, -0.1) is 6.42 Å². The first-order valence-corrected chi connectivity index (χ1v) is 7.98. The van der Waals surface area contributed by atoms with E-state index >= 15 is 0 Å². The molecule has 5 atom stereocenters. The highest BCUT2D eigenvalue weighted by Gasteiger charge is 2.45. The minimum atomic E-state index is -1.35. The van der Waals surface area contributed by atoms with E-state index < -0.39 is 30.6 Å². The number of hydrogen-bond acceptors (Lipinski definition) is 6. The molecule has 25 heavy (non-hydrogen) atoms. The maximum absolute atomic E-state index is 11.3. The second-order valence-electron chi connectivity index (χ2n) is 5.76. The Morgan fingerprint density at radius 2 is 2.08 bits per heavy atom. The van der Waals surface area contributed by atoms with E-state index in [0.717, 1.165) is 5.56 Å². The van der Waals surface area contributed by atoms with Crippen LogP contribution in [0.3, 0.4) is 0 Å². The lowest BCUT2D eigenvalue weighted by atomic mass is 9.96. The van der Waals surface area contributed by atoms with E-state index in [0.29, 0.717) is 6.61 Å². The summed E-state index contributed by atoms with van der Waals surface area (Å²) in [5.74, 6) is 1.92. The summed E-state index contributed by atoms with van der Waals surface area (Å²) in [4.78, 5) is 11.3. The van der Waals surface area contributed by atoms with Crippen LogP contribution in [0, 0.1) is 12.3 Å². The Labute approximate surface area is 146 Å². The Balaban J connectivity index is 1.97. The molecule has 0 spiro atoms. The highest BCUT2D eigenvalue weighted by molar-refractivity contribution is 5.73. The minimum absolute atomic E-state index is 0.0514. The molecule has 1 aromatic rings. The molecule has 1 aliphatic rings. The third kappa shape index (κ3) is 5.53. The van der Waals surface area contributed by atoms with Crippen molar-refractivity contribution >= 4 is 5.91 Å². The summed E-state index contributed by atoms with van der Waals surface area (Å²) in [6.07, 6.45) is 1.000. The summed E-state index contributed by atoms with van der Waals surface area (Å²) in [5.41, 5.74) is 0.976. The number of rotatable bonds is 7. The van der Waals surface area contributed by atoms with E-state index in [-0.39, 0.29) is 19.1 Å². The summed E-state index contributed by atoms with van der Waals surface area (Å²) >= 11 is 0. The van der Waals surface area contributed by atoms with Crippen LogP contribution in [0.5, 0.6) is 0 Å². The van der Waals surface area contributed by atoms with Gasteiger partial charge in [-0.1, -0.05) is 36.3 Å². The number of aliphatic hydroxyl groups is 2. The first-order valence-electron chi connectivity index (χ1n) is 7.98. The lowest BCUT2D eigenvalue weighted by Gasteiger charge is -2.42. The Morgan fingerprint density at radius 3 is 2.72 bits per heavy atom. The molecule has 0 aliphatic carbocycles. The molecule has 0 aromatic heterocycles. The lowest BCUT2D eigenvalue weighted by Crippen LogP contribution is -2.64. The fraction of sp³-hybridized carbons (Fsp3) is 0.500. The van der Waals surface area contributed by atoms with Gasteiger partial charge in [-0.25, -0.2) is 0 Å². The Kier molecular flexibility index (Phi) is 7.37. The SMILES string of the molecule is C#CCO[C@H]1[C@H](O)[C@@H](COCc2ccccc2)O[C@@H](O)[C@@H]1NC(C)=O. The van der Waals surface area contributed by atoms with Gasteiger partial charge >= 0.3 is 0 Å². The molecular formula is C18H23NO6. The number of terminal acetylenes is 1.